The highest BCUT2D eigenvalue weighted by Crippen LogP contribution is 2.18. The lowest BCUT2D eigenvalue weighted by Gasteiger charge is -2.14. The molecule has 0 fully saturated rings. The first-order valence-corrected chi connectivity index (χ1v) is 7.24. The van der Waals surface area contributed by atoms with E-state index < -0.39 is 5.97 Å². The van der Waals surface area contributed by atoms with Gasteiger partial charge in [-0.25, -0.2) is 4.79 Å². The quantitative estimate of drug-likeness (QED) is 0.665. The Morgan fingerprint density at radius 2 is 1.68 bits per heavy atom. The lowest BCUT2D eigenvalue weighted by molar-refractivity contribution is 0.0602. The Balaban J connectivity index is 2.14. The van der Waals surface area contributed by atoms with Crippen molar-refractivity contribution >= 4 is 34.7 Å². The van der Waals surface area contributed by atoms with Gasteiger partial charge in [-0.15, -0.1) is 0 Å². The van der Waals surface area contributed by atoms with E-state index >= 15 is 0 Å². The van der Waals surface area contributed by atoms with Gasteiger partial charge in [0.15, 0.2) is 5.11 Å². The number of anilines is 2. The van der Waals surface area contributed by atoms with E-state index in [0.29, 0.717) is 16.4 Å². The number of rotatable bonds is 3. The van der Waals surface area contributed by atoms with Crippen LogP contribution in [0.4, 0.5) is 11.4 Å². The van der Waals surface area contributed by atoms with Crippen LogP contribution in [-0.2, 0) is 4.74 Å². The average molecular weight is 314 g/mol. The number of carbonyl (C=O) groups is 1. The van der Waals surface area contributed by atoms with Crippen LogP contribution in [-0.4, -0.2) is 18.2 Å². The fourth-order valence-electron chi connectivity index (χ4n) is 2.21. The average Bonchev–Trinajstić information content (AvgIpc) is 2.45. The maximum Gasteiger partial charge on any atom is 0.339 e. The van der Waals surface area contributed by atoms with Gasteiger partial charge in [-0.3, -0.25) is 0 Å². The summed E-state index contributed by atoms with van der Waals surface area (Å²) in [5.41, 5.74) is 4.26. The Bertz CT molecular complexity index is 693. The number of hydrogen-bond acceptors (Lipinski definition) is 3. The van der Waals surface area contributed by atoms with Gasteiger partial charge in [0.2, 0.25) is 0 Å². The Morgan fingerprint density at radius 1 is 1.05 bits per heavy atom. The summed E-state index contributed by atoms with van der Waals surface area (Å²) in [5.74, 6) is -0.405. The number of hydrogen-bond donors (Lipinski definition) is 2. The van der Waals surface area contributed by atoms with E-state index in [4.69, 9.17) is 17.0 Å². The summed E-state index contributed by atoms with van der Waals surface area (Å²) in [7, 11) is 1.35. The fraction of sp³-hybridized carbons (Fsp3) is 0.176. The third-order valence-electron chi connectivity index (χ3n) is 3.06. The molecule has 2 aromatic carbocycles. The number of benzene rings is 2. The van der Waals surface area contributed by atoms with Crippen LogP contribution < -0.4 is 10.6 Å². The molecule has 2 rings (SSSR count). The highest BCUT2D eigenvalue weighted by molar-refractivity contribution is 7.80. The van der Waals surface area contributed by atoms with Gasteiger partial charge in [-0.2, -0.15) is 0 Å². The number of esters is 1. The van der Waals surface area contributed by atoms with E-state index in [1.807, 2.05) is 32.0 Å². The van der Waals surface area contributed by atoms with Crippen LogP contribution in [0, 0.1) is 13.8 Å². The molecule has 22 heavy (non-hydrogen) atoms. The maximum atomic E-state index is 11.7. The molecule has 0 radical (unpaired) electrons. The Labute approximate surface area is 135 Å². The molecule has 0 aliphatic heterocycles. The SMILES string of the molecule is COC(=O)c1ccccc1NC(=S)Nc1cc(C)cc(C)c1. The summed E-state index contributed by atoms with van der Waals surface area (Å²) in [6.45, 7) is 4.06. The molecular weight excluding hydrogens is 296 g/mol. The van der Waals surface area contributed by atoms with Crippen molar-refractivity contribution in [1.82, 2.24) is 0 Å². The van der Waals surface area contributed by atoms with Crippen molar-refractivity contribution in [3.63, 3.8) is 0 Å². The first-order chi connectivity index (χ1) is 10.5. The van der Waals surface area contributed by atoms with E-state index in [1.165, 1.54) is 7.11 Å². The molecule has 2 N–H and O–H groups in total. The molecule has 0 aliphatic rings. The lowest BCUT2D eigenvalue weighted by Crippen LogP contribution is -2.21. The van der Waals surface area contributed by atoms with Gasteiger partial charge in [0.1, 0.15) is 0 Å². The Kier molecular flexibility index (Phi) is 5.12. The summed E-state index contributed by atoms with van der Waals surface area (Å²) in [4.78, 5) is 11.7. The van der Waals surface area contributed by atoms with Crippen molar-refractivity contribution in [2.45, 2.75) is 13.8 Å². The van der Waals surface area contributed by atoms with Gasteiger partial charge < -0.3 is 15.4 Å². The zero-order chi connectivity index (χ0) is 16.1. The standard InChI is InChI=1S/C17H18N2O2S/c1-11-8-12(2)10-13(9-11)18-17(22)19-15-7-5-4-6-14(15)16(20)21-3/h4-10H,1-3H3,(H2,18,19,22). The first-order valence-electron chi connectivity index (χ1n) is 6.83. The van der Waals surface area contributed by atoms with Crippen LogP contribution in [0.2, 0.25) is 0 Å². The van der Waals surface area contributed by atoms with Crippen molar-refractivity contribution in [2.75, 3.05) is 17.7 Å². The number of ether oxygens (including phenoxy) is 1. The van der Waals surface area contributed by atoms with E-state index in [1.54, 1.807) is 18.2 Å². The third-order valence-corrected chi connectivity index (χ3v) is 3.26. The molecular formula is C17H18N2O2S. The topological polar surface area (TPSA) is 50.4 Å². The third kappa shape index (κ3) is 4.05. The van der Waals surface area contributed by atoms with Gasteiger partial charge in [-0.1, -0.05) is 18.2 Å². The van der Waals surface area contributed by atoms with Gasteiger partial charge in [-0.05, 0) is 61.5 Å². The van der Waals surface area contributed by atoms with Crippen molar-refractivity contribution in [1.29, 1.82) is 0 Å². The summed E-state index contributed by atoms with van der Waals surface area (Å²) >= 11 is 5.31. The Hall–Kier alpha value is -2.40. The van der Waals surface area contributed by atoms with E-state index in [-0.39, 0.29) is 0 Å². The molecule has 0 aromatic heterocycles. The normalized spacial score (nSPS) is 9.95. The van der Waals surface area contributed by atoms with Crippen LogP contribution >= 0.6 is 12.2 Å². The van der Waals surface area contributed by atoms with Crippen LogP contribution in [0.1, 0.15) is 21.5 Å². The zero-order valence-corrected chi connectivity index (χ0v) is 13.6. The summed E-state index contributed by atoms with van der Waals surface area (Å²) in [5, 5.41) is 6.57. The maximum absolute atomic E-state index is 11.7. The van der Waals surface area contributed by atoms with E-state index in [2.05, 4.69) is 16.7 Å². The number of thiocarbonyl (C=S) groups is 1. The predicted molar refractivity (Wildman–Crippen MR) is 93.5 cm³/mol. The highest BCUT2D eigenvalue weighted by atomic mass is 32.1. The second-order valence-electron chi connectivity index (χ2n) is 4.99. The molecule has 0 heterocycles. The van der Waals surface area contributed by atoms with Gasteiger partial charge in [0.05, 0.1) is 18.4 Å². The molecule has 4 nitrogen and oxygen atoms in total. The summed E-state index contributed by atoms with van der Waals surface area (Å²) in [6, 6.07) is 13.2. The van der Waals surface area contributed by atoms with E-state index in [0.717, 1.165) is 16.8 Å². The molecule has 5 heteroatoms. The van der Waals surface area contributed by atoms with Crippen molar-refractivity contribution in [2.24, 2.45) is 0 Å². The number of aryl methyl sites for hydroxylation is 2. The molecule has 114 valence electrons. The molecule has 0 aliphatic carbocycles. The van der Waals surface area contributed by atoms with Gasteiger partial charge in [0, 0.05) is 5.69 Å². The molecule has 0 atom stereocenters. The summed E-state index contributed by atoms with van der Waals surface area (Å²) < 4.78 is 4.77. The molecule has 0 amide bonds. The monoisotopic (exact) mass is 314 g/mol. The van der Waals surface area contributed by atoms with Gasteiger partial charge >= 0.3 is 5.97 Å². The van der Waals surface area contributed by atoms with Crippen LogP contribution in [0.5, 0.6) is 0 Å². The van der Waals surface area contributed by atoms with Crippen molar-refractivity contribution < 1.29 is 9.53 Å². The second-order valence-corrected chi connectivity index (χ2v) is 5.40. The lowest BCUT2D eigenvalue weighted by atomic mass is 10.1. The largest absolute Gasteiger partial charge is 0.465 e. The molecule has 0 bridgehead atoms. The van der Waals surface area contributed by atoms with Crippen LogP contribution in [0.25, 0.3) is 0 Å². The number of carbonyl (C=O) groups excluding carboxylic acids is 1. The smallest absolute Gasteiger partial charge is 0.339 e. The minimum atomic E-state index is -0.405. The van der Waals surface area contributed by atoms with Crippen LogP contribution in [0.3, 0.4) is 0 Å². The fourth-order valence-corrected chi connectivity index (χ4v) is 2.44. The molecule has 0 spiro atoms. The van der Waals surface area contributed by atoms with Crippen molar-refractivity contribution in [3.05, 3.63) is 59.2 Å². The molecule has 0 unspecified atom stereocenters. The summed E-state index contributed by atoms with van der Waals surface area (Å²) in [6.07, 6.45) is 0. The number of para-hydroxylation sites is 1. The van der Waals surface area contributed by atoms with Crippen LogP contribution in [0.15, 0.2) is 42.5 Å². The molecule has 2 aromatic rings. The first kappa shape index (κ1) is 16.0. The van der Waals surface area contributed by atoms with E-state index in [9.17, 15) is 4.79 Å². The van der Waals surface area contributed by atoms with Crippen molar-refractivity contribution in [3.8, 4) is 0 Å². The molecule has 0 saturated heterocycles. The molecule has 0 saturated carbocycles. The predicted octanol–water partition coefficient (Wildman–Crippen LogP) is 3.90. The Morgan fingerprint density at radius 3 is 2.32 bits per heavy atom. The minimum absolute atomic E-state index is 0.405. The zero-order valence-electron chi connectivity index (χ0n) is 12.8. The number of methoxy groups -OCH3 is 1. The van der Waals surface area contributed by atoms with Gasteiger partial charge in [0.25, 0.3) is 0 Å². The second kappa shape index (κ2) is 7.04. The highest BCUT2D eigenvalue weighted by Gasteiger charge is 2.11. The minimum Gasteiger partial charge on any atom is -0.465 e. The number of nitrogens with one attached hydrogen (secondary N) is 2.